The van der Waals surface area contributed by atoms with Crippen molar-refractivity contribution < 1.29 is 32.3 Å². The summed E-state index contributed by atoms with van der Waals surface area (Å²) >= 11 is 4.56. The maximum atomic E-state index is 13.2. The summed E-state index contributed by atoms with van der Waals surface area (Å²) in [6, 6.07) is 12.2. The van der Waals surface area contributed by atoms with Gasteiger partial charge >= 0.3 is 6.18 Å². The van der Waals surface area contributed by atoms with Crippen LogP contribution < -0.4 is 0 Å². The third-order valence-corrected chi connectivity index (χ3v) is 11.6. The Morgan fingerprint density at radius 1 is 0.659 bits per heavy atom. The molecule has 11 heteroatoms. The molecule has 0 saturated carbocycles. The number of rotatable bonds is 2. The van der Waals surface area contributed by atoms with E-state index in [0.29, 0.717) is 21.6 Å². The van der Waals surface area contributed by atoms with Gasteiger partial charge in [0.15, 0.2) is 0 Å². The number of carbonyl (C=O) groups excluding carboxylic acids is 4. The van der Waals surface area contributed by atoms with Gasteiger partial charge in [0, 0.05) is 43.8 Å². The van der Waals surface area contributed by atoms with Crippen LogP contribution in [-0.2, 0) is 22.8 Å². The second-order valence-electron chi connectivity index (χ2n) is 10.8. The Balaban J connectivity index is 1.19. The van der Waals surface area contributed by atoms with Gasteiger partial charge in [0.2, 0.25) is 23.1 Å². The average Bonchev–Trinajstić information content (AvgIpc) is 3.78. The van der Waals surface area contributed by atoms with E-state index in [1.54, 1.807) is 40.9 Å². The molecule has 0 radical (unpaired) electrons. The molecule has 0 fully saturated rings. The van der Waals surface area contributed by atoms with Crippen LogP contribution in [0.4, 0.5) is 13.2 Å². The Morgan fingerprint density at radius 2 is 1.25 bits per heavy atom. The van der Waals surface area contributed by atoms with E-state index < -0.39 is 34.9 Å². The van der Waals surface area contributed by atoms with Crippen LogP contribution >= 0.6 is 34.0 Å². The first-order valence-corrected chi connectivity index (χ1v) is 15.7. The molecule has 0 saturated heterocycles. The number of hydrogen-bond acceptors (Lipinski definition) is 7. The van der Waals surface area contributed by atoms with Gasteiger partial charge in [0.05, 0.1) is 30.7 Å². The quantitative estimate of drug-likeness (QED) is 0.140. The molecular formula is C33H16F3NO4S3. The van der Waals surface area contributed by atoms with Crippen LogP contribution in [0.15, 0.2) is 48.5 Å². The van der Waals surface area contributed by atoms with E-state index in [9.17, 15) is 32.3 Å². The van der Waals surface area contributed by atoms with Crippen molar-refractivity contribution in [2.24, 2.45) is 7.05 Å². The summed E-state index contributed by atoms with van der Waals surface area (Å²) in [5.41, 5.74) is 3.49. The van der Waals surface area contributed by atoms with Crippen LogP contribution in [0, 0.1) is 6.92 Å². The van der Waals surface area contributed by atoms with Gasteiger partial charge in [-0.25, -0.2) is 0 Å². The molecule has 6 aromatic rings. The summed E-state index contributed by atoms with van der Waals surface area (Å²) in [5, 5.41) is 0. The van der Waals surface area contributed by atoms with E-state index in [-0.39, 0.29) is 16.7 Å². The number of nitrogens with zero attached hydrogens (tertiary/aromatic N) is 1. The average molecular weight is 644 g/mol. The van der Waals surface area contributed by atoms with Crippen LogP contribution in [-0.4, -0.2) is 27.7 Å². The lowest BCUT2D eigenvalue weighted by atomic mass is 10.0. The number of carbonyl (C=O) groups is 4. The standard InChI is InChI=1S/C33H16F3NO4S3/c1-13-3-5-17-19(7-13)26(38)28(40)21(17)9-15-11-23-30(42-15)32-25(37(23)2)31-24(44-32)12-16(43-31)10-22-18-6-4-14(33(34,35)36)8-20(18)27(39)29(22)41/h3-12H,1-2H3/b21-9-,22-10-. The molecule has 4 heterocycles. The zero-order valence-corrected chi connectivity index (χ0v) is 25.2. The number of allylic oxidation sites excluding steroid dienone is 2. The van der Waals surface area contributed by atoms with E-state index in [1.165, 1.54) is 17.4 Å². The monoisotopic (exact) mass is 643 g/mol. The zero-order valence-electron chi connectivity index (χ0n) is 22.7. The number of fused-ring (bicyclic) bond motifs is 7. The fourth-order valence-corrected chi connectivity index (χ4v) is 9.88. The van der Waals surface area contributed by atoms with Gasteiger partial charge in [-0.1, -0.05) is 23.8 Å². The number of aryl methyl sites for hydroxylation is 2. The topological polar surface area (TPSA) is 73.2 Å². The van der Waals surface area contributed by atoms with Crippen molar-refractivity contribution in [2.75, 3.05) is 0 Å². The molecule has 8 rings (SSSR count). The number of benzene rings is 2. The second-order valence-corrected chi connectivity index (χ2v) is 14.0. The van der Waals surface area contributed by atoms with Crippen molar-refractivity contribution in [3.8, 4) is 0 Å². The minimum atomic E-state index is -4.62. The fraction of sp³-hybridized carbons (Fsp3) is 0.0909. The van der Waals surface area contributed by atoms with Crippen molar-refractivity contribution >= 4 is 110 Å². The van der Waals surface area contributed by atoms with Gasteiger partial charge in [-0.15, -0.1) is 34.0 Å². The maximum absolute atomic E-state index is 13.2. The molecule has 2 aliphatic carbocycles. The molecule has 0 bridgehead atoms. The molecule has 0 atom stereocenters. The highest BCUT2D eigenvalue weighted by Gasteiger charge is 2.38. The van der Waals surface area contributed by atoms with E-state index in [0.717, 1.165) is 52.4 Å². The molecule has 0 unspecified atom stereocenters. The Morgan fingerprint density at radius 3 is 1.91 bits per heavy atom. The number of aromatic nitrogens is 1. The SMILES string of the molecule is Cc1ccc2c(c1)C(=O)C(=O)/C2=C\c1cc2c(s1)c1sc3cc(/C=C4\C(=O)C(=O)c5cc(C(F)(F)F)ccc54)sc3c1n2C. The van der Waals surface area contributed by atoms with E-state index in [4.69, 9.17) is 0 Å². The molecule has 44 heavy (non-hydrogen) atoms. The molecule has 4 aromatic heterocycles. The molecule has 0 N–H and O–H groups in total. The maximum Gasteiger partial charge on any atom is 0.416 e. The van der Waals surface area contributed by atoms with E-state index in [1.807, 2.05) is 38.2 Å². The summed E-state index contributed by atoms with van der Waals surface area (Å²) in [4.78, 5) is 52.3. The minimum Gasteiger partial charge on any atom is -0.341 e. The molecule has 2 aliphatic rings. The largest absolute Gasteiger partial charge is 0.416 e. The first-order valence-electron chi connectivity index (χ1n) is 13.3. The Labute approximate surface area is 258 Å². The van der Waals surface area contributed by atoms with Crippen LogP contribution in [0.3, 0.4) is 0 Å². The summed E-state index contributed by atoms with van der Waals surface area (Å²) in [6.07, 6.45) is -1.25. The highest BCUT2D eigenvalue weighted by Crippen LogP contribution is 2.48. The molecule has 0 aliphatic heterocycles. The highest BCUT2D eigenvalue weighted by molar-refractivity contribution is 7.35. The van der Waals surface area contributed by atoms with Crippen LogP contribution in [0.25, 0.3) is 53.1 Å². The van der Waals surface area contributed by atoms with Crippen molar-refractivity contribution in [2.45, 2.75) is 13.1 Å². The highest BCUT2D eigenvalue weighted by atomic mass is 32.1. The van der Waals surface area contributed by atoms with Gasteiger partial charge < -0.3 is 4.57 Å². The molecular weight excluding hydrogens is 628 g/mol. The number of thiophene rings is 3. The molecule has 0 amide bonds. The normalized spacial score (nSPS) is 17.0. The lowest BCUT2D eigenvalue weighted by molar-refractivity contribution is -0.137. The number of hydrogen-bond donors (Lipinski definition) is 0. The Hall–Kier alpha value is -4.45. The number of alkyl halides is 3. The zero-order chi connectivity index (χ0) is 30.8. The Kier molecular flexibility index (Phi) is 5.57. The van der Waals surface area contributed by atoms with Crippen LogP contribution in [0.1, 0.15) is 52.7 Å². The van der Waals surface area contributed by atoms with Gasteiger partial charge in [-0.05, 0) is 60.5 Å². The minimum absolute atomic E-state index is 0.0890. The number of halogens is 3. The molecule has 2 aromatic carbocycles. The second kappa shape index (κ2) is 9.04. The van der Waals surface area contributed by atoms with Gasteiger partial charge in [0.25, 0.3) is 0 Å². The lowest BCUT2D eigenvalue weighted by Gasteiger charge is -2.07. The summed E-state index contributed by atoms with van der Waals surface area (Å²) in [5.74, 6) is -2.74. The number of Topliss-reactive ketones (excluding diaryl/α,β-unsaturated/α-hetero) is 4. The predicted octanol–water partition coefficient (Wildman–Crippen LogP) is 8.61. The lowest BCUT2D eigenvalue weighted by Crippen LogP contribution is -2.08. The molecule has 216 valence electrons. The summed E-state index contributed by atoms with van der Waals surface area (Å²) < 4.78 is 45.7. The van der Waals surface area contributed by atoms with Gasteiger partial charge in [-0.2, -0.15) is 13.2 Å². The van der Waals surface area contributed by atoms with Crippen molar-refractivity contribution in [1.29, 1.82) is 0 Å². The first-order chi connectivity index (χ1) is 20.9. The number of ketones is 4. The predicted molar refractivity (Wildman–Crippen MR) is 169 cm³/mol. The first kappa shape index (κ1) is 27.1. The van der Waals surface area contributed by atoms with E-state index >= 15 is 0 Å². The van der Waals surface area contributed by atoms with Crippen LogP contribution in [0.5, 0.6) is 0 Å². The molecule has 0 spiro atoms. The van der Waals surface area contributed by atoms with E-state index in [2.05, 4.69) is 4.57 Å². The Bertz CT molecular complexity index is 2430. The van der Waals surface area contributed by atoms with Crippen molar-refractivity contribution in [3.63, 3.8) is 0 Å². The van der Waals surface area contributed by atoms with Crippen molar-refractivity contribution in [3.05, 3.63) is 91.7 Å². The third-order valence-electron chi connectivity index (χ3n) is 8.06. The van der Waals surface area contributed by atoms with Crippen molar-refractivity contribution in [1.82, 2.24) is 4.57 Å². The smallest absolute Gasteiger partial charge is 0.341 e. The van der Waals surface area contributed by atoms with Gasteiger partial charge in [0.1, 0.15) is 0 Å². The van der Waals surface area contributed by atoms with Gasteiger partial charge in [-0.3, -0.25) is 19.2 Å². The summed E-state index contributed by atoms with van der Waals surface area (Å²) in [6.45, 7) is 1.88. The fourth-order valence-electron chi connectivity index (χ4n) is 5.96. The summed E-state index contributed by atoms with van der Waals surface area (Å²) in [7, 11) is 1.95. The third kappa shape index (κ3) is 3.76. The molecule has 5 nitrogen and oxygen atoms in total. The van der Waals surface area contributed by atoms with Crippen LogP contribution in [0.2, 0.25) is 0 Å².